The number of amides is 3. The molecule has 1 aliphatic carbocycles. The zero-order valence-corrected chi connectivity index (χ0v) is 54.4. The highest BCUT2D eigenvalue weighted by molar-refractivity contribution is 6.39. The van der Waals surface area contributed by atoms with E-state index in [0.717, 1.165) is 10.5 Å². The first-order chi connectivity index (χ1) is 43.4. The maximum atomic E-state index is 14.7. The van der Waals surface area contributed by atoms with Crippen LogP contribution in [-0.2, 0) is 49.4 Å². The fourth-order valence-corrected chi connectivity index (χ4v) is 12.9. The molecule has 2 aromatic heterocycles. The topological polar surface area (TPSA) is 341 Å². The van der Waals surface area contributed by atoms with Crippen LogP contribution >= 0.6 is 0 Å². The number of nitrogens with two attached hydrogens (primary N) is 1. The molecule has 0 unspecified atom stereocenters. The quantitative estimate of drug-likeness (QED) is 0.0867. The zero-order valence-electron chi connectivity index (χ0n) is 54.4. The molecule has 2 bridgehead atoms. The number of allylic oxidation sites excluding steroid dienone is 5. The highest BCUT2D eigenvalue weighted by atomic mass is 16.6. The second kappa shape index (κ2) is 33.8. The molecule has 0 radical (unpaired) electrons. The van der Waals surface area contributed by atoms with Crippen molar-refractivity contribution >= 4 is 47.3 Å². The Bertz CT molecular complexity index is 2890. The lowest BCUT2D eigenvalue weighted by Gasteiger charge is -2.42. The molecule has 25 nitrogen and oxygen atoms in total. The largest absolute Gasteiger partial charge is 0.459 e. The molecule has 3 saturated heterocycles. The van der Waals surface area contributed by atoms with E-state index in [1.54, 1.807) is 53.3 Å². The number of Topliss-reactive ketones (excluding diaryl/α,β-unsaturated/α-hetero) is 2. The number of nitrogens with zero attached hydrogens (tertiary/aromatic N) is 7. The number of carbonyl (C=O) groups excluding carboxylic acids is 6. The zero-order chi connectivity index (χ0) is 66.1. The average Bonchev–Trinajstić information content (AvgIpc) is 0.859. The van der Waals surface area contributed by atoms with Crippen molar-refractivity contribution in [2.45, 2.75) is 199 Å². The number of fused-ring (bicyclic) bond motifs is 3. The Balaban J connectivity index is 1.01. The van der Waals surface area contributed by atoms with Crippen LogP contribution in [0.4, 0.5) is 16.7 Å². The standard InChI is InChI=1S/C66H98N10O15/c1-10-68-60(82)47-37-71-64(72-38-47)75-26-24-74(25-27-75)63-69-34-46(35-70-63)36-73-65(85)90-52-22-20-45(31-55(52)88-9)30-49(67)54-33-51(77)41(4)29-43(6)57(79)58(80)56(78)42(5)28-39(2)16-12-11-13-17-40(3)53(87-8)32-48-21-19-44(7)66(86,91-48)59(81)61(83)76-23-15-14-18-50(76)62(84)89-54/h11-13,16-17,29,34-35,37-39,41-42,44-45,48-55,57-58,77,79-80,86H,10,14-15,18-28,30-33,36,67H2,1-9H3,(H,68,82)(H,73,85)/b13-11+,16-12+,40-17+,43-29+/t39-,41-,42-,44-,45+,48+,49-,50+,51-,52-,53+,54+,55-,57-,58+,66-/m1/s1. The summed E-state index contributed by atoms with van der Waals surface area (Å²) in [5.74, 6) is -7.60. The summed E-state index contributed by atoms with van der Waals surface area (Å²) in [4.78, 5) is 106. The van der Waals surface area contributed by atoms with E-state index in [1.807, 2.05) is 61.0 Å². The van der Waals surface area contributed by atoms with E-state index < -0.39 is 114 Å². The minimum absolute atomic E-state index is 0.0203. The first-order valence-corrected chi connectivity index (χ1v) is 32.3. The number of nitrogens with one attached hydrogen (secondary N) is 2. The van der Waals surface area contributed by atoms with Crippen LogP contribution in [0.3, 0.4) is 0 Å². The maximum absolute atomic E-state index is 14.7. The van der Waals surface area contributed by atoms with Gasteiger partial charge in [0.15, 0.2) is 5.78 Å². The number of ketones is 2. The second-order valence-corrected chi connectivity index (χ2v) is 25.5. The van der Waals surface area contributed by atoms with Gasteiger partial charge in [-0.25, -0.2) is 29.5 Å². The van der Waals surface area contributed by atoms with Crippen LogP contribution < -0.4 is 26.2 Å². The smallest absolute Gasteiger partial charge is 0.407 e. The number of cyclic esters (lactones) is 1. The predicted octanol–water partition coefficient (Wildman–Crippen LogP) is 4.60. The summed E-state index contributed by atoms with van der Waals surface area (Å²) in [5, 5.41) is 52.0. The molecule has 0 aromatic carbocycles. The third-order valence-electron chi connectivity index (χ3n) is 18.6. The number of esters is 1. The molecule has 502 valence electrons. The molecule has 25 heteroatoms. The summed E-state index contributed by atoms with van der Waals surface area (Å²) in [6.07, 6.45) is 12.6. The minimum atomic E-state index is -2.49. The minimum Gasteiger partial charge on any atom is -0.459 e. The lowest BCUT2D eigenvalue weighted by atomic mass is 9.80. The lowest BCUT2D eigenvalue weighted by molar-refractivity contribution is -0.265. The van der Waals surface area contributed by atoms with Crippen LogP contribution in [0, 0.1) is 29.6 Å². The van der Waals surface area contributed by atoms with E-state index in [9.17, 15) is 49.2 Å². The fourth-order valence-electron chi connectivity index (χ4n) is 12.9. The number of carbonyl (C=O) groups is 6. The van der Waals surface area contributed by atoms with Gasteiger partial charge in [0.2, 0.25) is 17.7 Å². The Kier molecular flexibility index (Phi) is 26.7. The number of aromatic nitrogens is 4. The van der Waals surface area contributed by atoms with Crippen molar-refractivity contribution in [1.82, 2.24) is 35.5 Å². The Morgan fingerprint density at radius 3 is 2.09 bits per heavy atom. The Morgan fingerprint density at radius 2 is 1.44 bits per heavy atom. The van der Waals surface area contributed by atoms with Gasteiger partial charge in [0.25, 0.3) is 17.6 Å². The number of alkyl carbamates (subject to hydrolysis) is 1. The van der Waals surface area contributed by atoms with Crippen LogP contribution in [0.25, 0.3) is 0 Å². The summed E-state index contributed by atoms with van der Waals surface area (Å²) in [6, 6.07) is -2.15. The van der Waals surface area contributed by atoms with Crippen molar-refractivity contribution < 1.29 is 72.9 Å². The first-order valence-electron chi connectivity index (χ1n) is 32.3. The number of anilines is 2. The number of ether oxygens (including phenoxy) is 5. The van der Waals surface area contributed by atoms with Gasteiger partial charge in [-0.05, 0) is 108 Å². The molecule has 16 atom stereocenters. The van der Waals surface area contributed by atoms with Crippen LogP contribution in [0.5, 0.6) is 0 Å². The molecule has 7 rings (SSSR count). The SMILES string of the molecule is CCNC(=O)c1cnc(N2CCN(c3ncc(CNC(=O)O[C@@H]4CC[C@@H](C[C@@H](N)[C@@H]5C[C@@H](O)[C@H](C)/C=C(\C)[C@@H](O)[C@@H](O)C(=O)[C@H](C)C[C@H](C)/C=C/C=C/C=C(\C)[C@@H](OC)C[C@@H]6CC[C@@H](C)[C@@](O)(O6)C(=O)C(=O)N6CCCC[C@H]6C(=O)O5)C[C@H]4OC)cn3)CC2)nc1. The number of methoxy groups -OCH3 is 2. The number of rotatable bonds is 12. The van der Waals surface area contributed by atoms with Gasteiger partial charge >= 0.3 is 12.1 Å². The average molecular weight is 1270 g/mol. The van der Waals surface area contributed by atoms with Gasteiger partial charge in [0.1, 0.15) is 30.5 Å². The Hall–Kier alpha value is -6.58. The number of piperazine rings is 1. The molecule has 6 heterocycles. The fraction of sp³-hybridized carbons (Fsp3) is 0.667. The summed E-state index contributed by atoms with van der Waals surface area (Å²) in [5.41, 5.74) is 9.18. The van der Waals surface area contributed by atoms with Gasteiger partial charge in [0, 0.05) is 127 Å². The van der Waals surface area contributed by atoms with E-state index in [-0.39, 0.29) is 62.1 Å². The Morgan fingerprint density at radius 1 is 0.769 bits per heavy atom. The molecule has 4 aliphatic heterocycles. The van der Waals surface area contributed by atoms with Crippen molar-refractivity contribution in [3.05, 3.63) is 83.5 Å². The molecule has 3 amide bonds. The van der Waals surface area contributed by atoms with Crippen LogP contribution in [0.1, 0.15) is 141 Å². The molecule has 0 spiro atoms. The maximum Gasteiger partial charge on any atom is 0.407 e. The lowest BCUT2D eigenvalue weighted by Crippen LogP contribution is -2.61. The van der Waals surface area contributed by atoms with Crippen molar-refractivity contribution in [2.75, 3.05) is 63.3 Å². The van der Waals surface area contributed by atoms with Crippen LogP contribution in [0.2, 0.25) is 0 Å². The van der Waals surface area contributed by atoms with Gasteiger partial charge < -0.3 is 75.2 Å². The number of piperidine rings is 1. The van der Waals surface area contributed by atoms with E-state index in [1.165, 1.54) is 19.5 Å². The molecule has 2 aromatic rings. The van der Waals surface area contributed by atoms with E-state index in [4.69, 9.17) is 29.4 Å². The Labute approximate surface area is 534 Å². The van der Waals surface area contributed by atoms with Gasteiger partial charge in [-0.15, -0.1) is 0 Å². The van der Waals surface area contributed by atoms with Gasteiger partial charge in [-0.2, -0.15) is 0 Å². The normalized spacial score (nSPS) is 33.8. The number of hydrogen-bond donors (Lipinski definition) is 7. The van der Waals surface area contributed by atoms with Gasteiger partial charge in [0.05, 0.1) is 30.0 Å². The summed E-state index contributed by atoms with van der Waals surface area (Å²) < 4.78 is 30.1. The molecule has 8 N–H and O–H groups in total. The molecule has 4 fully saturated rings. The van der Waals surface area contributed by atoms with Crippen molar-refractivity contribution in [3.63, 3.8) is 0 Å². The van der Waals surface area contributed by atoms with Crippen LogP contribution in [-0.4, -0.2) is 201 Å². The third kappa shape index (κ3) is 19.3. The highest BCUT2D eigenvalue weighted by Gasteiger charge is 2.53. The third-order valence-corrected chi connectivity index (χ3v) is 18.6. The summed E-state index contributed by atoms with van der Waals surface area (Å²) in [7, 11) is 3.08. The van der Waals surface area contributed by atoms with E-state index in [0.29, 0.717) is 107 Å². The summed E-state index contributed by atoms with van der Waals surface area (Å²) >= 11 is 0. The first kappa shape index (κ1) is 71.9. The van der Waals surface area contributed by atoms with Crippen molar-refractivity contribution in [2.24, 2.45) is 35.3 Å². The van der Waals surface area contributed by atoms with Crippen molar-refractivity contribution in [1.29, 1.82) is 0 Å². The predicted molar refractivity (Wildman–Crippen MR) is 338 cm³/mol. The molecule has 1 saturated carbocycles. The molecule has 91 heavy (non-hydrogen) atoms. The van der Waals surface area contributed by atoms with E-state index in [2.05, 4.69) is 30.6 Å². The number of aliphatic hydroxyl groups is 4. The van der Waals surface area contributed by atoms with E-state index >= 15 is 0 Å². The molecular formula is C66H98N10O15. The highest BCUT2D eigenvalue weighted by Crippen LogP contribution is 2.38. The monoisotopic (exact) mass is 1270 g/mol. The molecule has 5 aliphatic rings. The second-order valence-electron chi connectivity index (χ2n) is 25.5. The van der Waals surface area contributed by atoms with Gasteiger partial charge in [-0.3, -0.25) is 19.2 Å². The van der Waals surface area contributed by atoms with Gasteiger partial charge in [-0.1, -0.05) is 64.2 Å². The van der Waals surface area contributed by atoms with Crippen LogP contribution in [0.15, 0.2) is 72.4 Å². The number of hydrogen-bond acceptors (Lipinski definition) is 22. The molecular weight excluding hydrogens is 1170 g/mol. The van der Waals surface area contributed by atoms with Crippen molar-refractivity contribution in [3.8, 4) is 0 Å². The summed E-state index contributed by atoms with van der Waals surface area (Å²) in [6.45, 7) is 15.4. The number of aliphatic hydroxyl groups excluding tert-OH is 3.